The SMILES string of the molecule is COc1ccc(C2C(C#N)=C(N)Oc3cc(OC(=O)c4cc5ccccc5oc4=O)ccc32)cc1OC. The van der Waals surface area contributed by atoms with Crippen molar-refractivity contribution in [1.29, 1.82) is 5.26 Å². The quantitative estimate of drug-likeness (QED) is 0.244. The second-order valence-electron chi connectivity index (χ2n) is 8.11. The highest BCUT2D eigenvalue weighted by Gasteiger charge is 2.32. The number of hydrogen-bond donors (Lipinski definition) is 1. The summed E-state index contributed by atoms with van der Waals surface area (Å²) in [4.78, 5) is 25.1. The number of benzene rings is 3. The van der Waals surface area contributed by atoms with Crippen LogP contribution in [0.25, 0.3) is 11.0 Å². The molecule has 9 heteroatoms. The standard InChI is InChI=1S/C28H20N2O7/c1-33-22-10-7-16(12-24(22)34-2)25-18-9-8-17(13-23(18)36-26(30)20(25)14-29)35-27(31)19-11-15-5-3-4-6-21(15)37-28(19)32/h3-13,25H,30H2,1-2H3. The van der Waals surface area contributed by atoms with Gasteiger partial charge in [0.15, 0.2) is 11.5 Å². The molecule has 0 bridgehead atoms. The molecular formula is C28H20N2O7. The largest absolute Gasteiger partial charge is 0.493 e. The molecule has 1 unspecified atom stereocenters. The zero-order valence-corrected chi connectivity index (χ0v) is 19.8. The van der Waals surface area contributed by atoms with Gasteiger partial charge in [-0.2, -0.15) is 5.26 Å². The van der Waals surface area contributed by atoms with E-state index < -0.39 is 17.5 Å². The summed E-state index contributed by atoms with van der Waals surface area (Å²) in [6.45, 7) is 0. The molecule has 0 saturated heterocycles. The van der Waals surface area contributed by atoms with Crippen LogP contribution in [0.1, 0.15) is 27.4 Å². The van der Waals surface area contributed by atoms with Crippen LogP contribution in [0.15, 0.2) is 87.4 Å². The zero-order valence-electron chi connectivity index (χ0n) is 19.8. The number of carbonyl (C=O) groups is 1. The lowest BCUT2D eigenvalue weighted by atomic mass is 9.83. The molecule has 1 aliphatic rings. The van der Waals surface area contributed by atoms with E-state index in [0.29, 0.717) is 33.8 Å². The van der Waals surface area contributed by atoms with E-state index in [4.69, 9.17) is 29.1 Å². The average molecular weight is 496 g/mol. The van der Waals surface area contributed by atoms with E-state index in [-0.39, 0.29) is 22.8 Å². The molecule has 0 radical (unpaired) electrons. The number of nitriles is 1. The highest BCUT2D eigenvalue weighted by atomic mass is 16.5. The van der Waals surface area contributed by atoms with Crippen LogP contribution in [-0.4, -0.2) is 20.2 Å². The predicted octanol–water partition coefficient (Wildman–Crippen LogP) is 4.25. The number of allylic oxidation sites excluding steroid dienone is 1. The Morgan fingerprint density at radius 1 is 1.00 bits per heavy atom. The maximum atomic E-state index is 12.8. The molecule has 9 nitrogen and oxygen atoms in total. The number of nitrogens with two attached hydrogens (primary N) is 1. The summed E-state index contributed by atoms with van der Waals surface area (Å²) in [5.41, 5.74) is 6.97. The third-order valence-electron chi connectivity index (χ3n) is 6.00. The highest BCUT2D eigenvalue weighted by molar-refractivity contribution is 5.94. The van der Waals surface area contributed by atoms with E-state index in [2.05, 4.69) is 6.07 Å². The molecule has 4 aromatic rings. The van der Waals surface area contributed by atoms with Gasteiger partial charge in [-0.3, -0.25) is 0 Å². The Labute approximate surface area is 210 Å². The molecule has 184 valence electrons. The molecule has 2 N–H and O–H groups in total. The monoisotopic (exact) mass is 496 g/mol. The summed E-state index contributed by atoms with van der Waals surface area (Å²) in [7, 11) is 3.05. The van der Waals surface area contributed by atoms with Gasteiger partial charge in [0.1, 0.15) is 34.3 Å². The van der Waals surface area contributed by atoms with Gasteiger partial charge in [-0.15, -0.1) is 0 Å². The third-order valence-corrected chi connectivity index (χ3v) is 6.00. The van der Waals surface area contributed by atoms with Gasteiger partial charge in [0, 0.05) is 17.0 Å². The minimum absolute atomic E-state index is 0.0755. The molecule has 3 aromatic carbocycles. The lowest BCUT2D eigenvalue weighted by Crippen LogP contribution is -2.22. The van der Waals surface area contributed by atoms with Crippen LogP contribution >= 0.6 is 0 Å². The van der Waals surface area contributed by atoms with Gasteiger partial charge in [0.25, 0.3) is 0 Å². The summed E-state index contributed by atoms with van der Waals surface area (Å²) in [5, 5.41) is 10.4. The molecule has 0 amide bonds. The first kappa shape index (κ1) is 23.5. The first-order chi connectivity index (χ1) is 17.9. The van der Waals surface area contributed by atoms with Crippen LogP contribution in [0.2, 0.25) is 0 Å². The number of para-hydroxylation sites is 1. The number of hydrogen-bond acceptors (Lipinski definition) is 9. The van der Waals surface area contributed by atoms with Crippen LogP contribution in [-0.2, 0) is 0 Å². The molecule has 1 aliphatic heterocycles. The maximum absolute atomic E-state index is 12.8. The minimum atomic E-state index is -0.882. The molecule has 0 saturated carbocycles. The topological polar surface area (TPSA) is 134 Å². The van der Waals surface area contributed by atoms with Crippen LogP contribution in [0, 0.1) is 11.3 Å². The van der Waals surface area contributed by atoms with Crippen molar-refractivity contribution in [1.82, 2.24) is 0 Å². The Hall–Kier alpha value is -5.23. The molecule has 1 aromatic heterocycles. The lowest BCUT2D eigenvalue weighted by Gasteiger charge is -2.27. The Bertz CT molecular complexity index is 1680. The van der Waals surface area contributed by atoms with E-state index >= 15 is 0 Å². The van der Waals surface area contributed by atoms with Crippen molar-refractivity contribution in [2.75, 3.05) is 14.2 Å². The smallest absolute Gasteiger partial charge is 0.351 e. The van der Waals surface area contributed by atoms with Crippen molar-refractivity contribution in [3.8, 4) is 29.1 Å². The van der Waals surface area contributed by atoms with E-state index in [9.17, 15) is 14.9 Å². The Morgan fingerprint density at radius 2 is 1.78 bits per heavy atom. The van der Waals surface area contributed by atoms with E-state index in [1.165, 1.54) is 26.4 Å². The highest BCUT2D eigenvalue weighted by Crippen LogP contribution is 2.45. The summed E-state index contributed by atoms with van der Waals surface area (Å²) in [6.07, 6.45) is 0. The number of nitrogens with zero attached hydrogens (tertiary/aromatic N) is 1. The summed E-state index contributed by atoms with van der Waals surface area (Å²) >= 11 is 0. The zero-order chi connectivity index (χ0) is 26.1. The van der Waals surface area contributed by atoms with Crippen molar-refractivity contribution in [2.24, 2.45) is 5.73 Å². The predicted molar refractivity (Wildman–Crippen MR) is 133 cm³/mol. The van der Waals surface area contributed by atoms with Crippen LogP contribution < -0.4 is 30.3 Å². The van der Waals surface area contributed by atoms with E-state index in [1.807, 2.05) is 0 Å². The Kier molecular flexibility index (Phi) is 5.99. The first-order valence-corrected chi connectivity index (χ1v) is 11.1. The number of rotatable bonds is 5. The lowest BCUT2D eigenvalue weighted by molar-refractivity contribution is 0.0730. The van der Waals surface area contributed by atoms with Crippen LogP contribution in [0.3, 0.4) is 0 Å². The summed E-state index contributed by atoms with van der Waals surface area (Å²) in [5.74, 6) is -0.0759. The Morgan fingerprint density at radius 3 is 2.54 bits per heavy atom. The van der Waals surface area contributed by atoms with Crippen molar-refractivity contribution in [3.63, 3.8) is 0 Å². The normalized spacial score (nSPS) is 14.4. The fraction of sp³-hybridized carbons (Fsp3) is 0.107. The second-order valence-corrected chi connectivity index (χ2v) is 8.11. The van der Waals surface area contributed by atoms with E-state index in [0.717, 1.165) is 5.56 Å². The number of methoxy groups -OCH3 is 2. The third kappa shape index (κ3) is 4.21. The fourth-order valence-corrected chi connectivity index (χ4v) is 4.24. The molecule has 0 fully saturated rings. The number of ether oxygens (including phenoxy) is 4. The van der Waals surface area contributed by atoms with Crippen molar-refractivity contribution in [2.45, 2.75) is 5.92 Å². The van der Waals surface area contributed by atoms with E-state index in [1.54, 1.807) is 54.6 Å². The van der Waals surface area contributed by atoms with Gasteiger partial charge >= 0.3 is 11.6 Å². The van der Waals surface area contributed by atoms with Gasteiger partial charge in [0.2, 0.25) is 5.88 Å². The minimum Gasteiger partial charge on any atom is -0.493 e. The molecule has 2 heterocycles. The van der Waals surface area contributed by atoms with Crippen LogP contribution in [0.4, 0.5) is 0 Å². The summed E-state index contributed by atoms with van der Waals surface area (Å²) in [6, 6.07) is 20.4. The van der Waals surface area contributed by atoms with Gasteiger partial charge in [-0.05, 0) is 35.9 Å². The Balaban J connectivity index is 1.50. The van der Waals surface area contributed by atoms with Gasteiger partial charge in [-0.25, -0.2) is 9.59 Å². The van der Waals surface area contributed by atoms with Crippen LogP contribution in [0.5, 0.6) is 23.0 Å². The molecule has 0 aliphatic carbocycles. The first-order valence-electron chi connectivity index (χ1n) is 11.1. The molecule has 5 rings (SSSR count). The average Bonchev–Trinajstić information content (AvgIpc) is 2.91. The van der Waals surface area contributed by atoms with Gasteiger partial charge in [0.05, 0.1) is 20.1 Å². The molecule has 0 spiro atoms. The maximum Gasteiger partial charge on any atom is 0.351 e. The molecular weight excluding hydrogens is 476 g/mol. The number of carbonyl (C=O) groups excluding carboxylic acids is 1. The molecule has 37 heavy (non-hydrogen) atoms. The molecule has 1 atom stereocenters. The van der Waals surface area contributed by atoms with Crippen molar-refractivity contribution >= 4 is 16.9 Å². The van der Waals surface area contributed by atoms with Gasteiger partial charge < -0.3 is 29.1 Å². The number of fused-ring (bicyclic) bond motifs is 2. The fourth-order valence-electron chi connectivity index (χ4n) is 4.24. The second kappa shape index (κ2) is 9.43. The van der Waals surface area contributed by atoms with Crippen molar-refractivity contribution in [3.05, 3.63) is 105 Å². The van der Waals surface area contributed by atoms with Crippen molar-refractivity contribution < 1.29 is 28.2 Å². The number of esters is 1. The summed E-state index contributed by atoms with van der Waals surface area (Å²) < 4.78 is 27.1. The van der Waals surface area contributed by atoms with Gasteiger partial charge in [-0.1, -0.05) is 30.3 Å².